The first-order valence-corrected chi connectivity index (χ1v) is 5.50. The molecule has 0 saturated carbocycles. The minimum Gasteiger partial charge on any atom is -0.379 e. The van der Waals surface area contributed by atoms with Crippen LogP contribution in [-0.4, -0.2) is 24.2 Å². The summed E-state index contributed by atoms with van der Waals surface area (Å²) in [6, 6.07) is 4.05. The van der Waals surface area contributed by atoms with Gasteiger partial charge in [0.1, 0.15) is 0 Å². The summed E-state index contributed by atoms with van der Waals surface area (Å²) in [7, 11) is 0. The minimum absolute atomic E-state index is 0.338. The van der Waals surface area contributed by atoms with Gasteiger partial charge < -0.3 is 10.1 Å². The molecule has 1 rings (SSSR count). The molecule has 0 saturated heterocycles. The van der Waals surface area contributed by atoms with E-state index in [9.17, 15) is 0 Å². The molecule has 1 heterocycles. The van der Waals surface area contributed by atoms with Gasteiger partial charge in [-0.05, 0) is 44.5 Å². The van der Waals surface area contributed by atoms with Gasteiger partial charge in [0.15, 0.2) is 0 Å². The van der Waals surface area contributed by atoms with Crippen LogP contribution in [0.5, 0.6) is 0 Å². The van der Waals surface area contributed by atoms with Gasteiger partial charge in [-0.2, -0.15) is 0 Å². The normalized spacial score (nSPS) is 10.9. The summed E-state index contributed by atoms with van der Waals surface area (Å²) in [6.07, 6.45) is 5.03. The van der Waals surface area contributed by atoms with E-state index in [2.05, 4.69) is 24.1 Å². The van der Waals surface area contributed by atoms with E-state index < -0.39 is 0 Å². The zero-order valence-corrected chi connectivity index (χ0v) is 9.57. The van der Waals surface area contributed by atoms with Crippen LogP contribution in [0.4, 0.5) is 0 Å². The number of rotatable bonds is 7. The first kappa shape index (κ1) is 12.1. The van der Waals surface area contributed by atoms with Crippen LogP contribution in [0, 0.1) is 0 Å². The minimum atomic E-state index is 0.338. The smallest absolute Gasteiger partial charge is 0.0518 e. The van der Waals surface area contributed by atoms with E-state index in [4.69, 9.17) is 4.74 Å². The Morgan fingerprint density at radius 1 is 1.33 bits per heavy atom. The van der Waals surface area contributed by atoms with Crippen LogP contribution < -0.4 is 5.32 Å². The van der Waals surface area contributed by atoms with E-state index >= 15 is 0 Å². The van der Waals surface area contributed by atoms with E-state index in [1.54, 1.807) is 0 Å². The molecule has 0 unspecified atom stereocenters. The number of pyridine rings is 1. The van der Waals surface area contributed by atoms with E-state index in [0.29, 0.717) is 6.10 Å². The molecule has 0 aromatic carbocycles. The van der Waals surface area contributed by atoms with Gasteiger partial charge in [-0.3, -0.25) is 4.98 Å². The van der Waals surface area contributed by atoms with Crippen molar-refractivity contribution in [2.24, 2.45) is 0 Å². The maximum Gasteiger partial charge on any atom is 0.0518 e. The molecule has 1 aromatic rings. The molecule has 0 bridgehead atoms. The second-order valence-corrected chi connectivity index (χ2v) is 3.81. The number of hydrogen-bond acceptors (Lipinski definition) is 3. The zero-order chi connectivity index (χ0) is 10.9. The highest BCUT2D eigenvalue weighted by Gasteiger charge is 1.93. The molecular formula is C12H20N2O. The first-order chi connectivity index (χ1) is 7.29. The van der Waals surface area contributed by atoms with Crippen LogP contribution in [0.25, 0.3) is 0 Å². The maximum atomic E-state index is 5.44. The van der Waals surface area contributed by atoms with Crippen molar-refractivity contribution in [3.8, 4) is 0 Å². The first-order valence-electron chi connectivity index (χ1n) is 5.50. The van der Waals surface area contributed by atoms with Gasteiger partial charge in [-0.25, -0.2) is 0 Å². The Bertz CT molecular complexity index is 249. The second-order valence-electron chi connectivity index (χ2n) is 3.81. The van der Waals surface area contributed by atoms with Crippen molar-refractivity contribution in [2.45, 2.75) is 32.9 Å². The maximum absolute atomic E-state index is 5.44. The lowest BCUT2D eigenvalue weighted by Gasteiger charge is -2.08. The molecule has 0 fully saturated rings. The van der Waals surface area contributed by atoms with Gasteiger partial charge in [-0.15, -0.1) is 0 Å². The molecule has 1 aromatic heterocycles. The lowest BCUT2D eigenvalue weighted by atomic mass is 10.3. The topological polar surface area (TPSA) is 34.1 Å². The second kappa shape index (κ2) is 7.37. The van der Waals surface area contributed by atoms with E-state index in [-0.39, 0.29) is 0 Å². The predicted molar refractivity (Wildman–Crippen MR) is 61.6 cm³/mol. The van der Waals surface area contributed by atoms with Crippen molar-refractivity contribution in [1.82, 2.24) is 10.3 Å². The summed E-state index contributed by atoms with van der Waals surface area (Å²) in [5.74, 6) is 0. The van der Waals surface area contributed by atoms with Crippen LogP contribution >= 0.6 is 0 Å². The molecule has 84 valence electrons. The molecular weight excluding hydrogens is 188 g/mol. The Morgan fingerprint density at radius 2 is 2.07 bits per heavy atom. The van der Waals surface area contributed by atoms with E-state index in [0.717, 1.165) is 26.1 Å². The van der Waals surface area contributed by atoms with E-state index in [1.807, 2.05) is 24.5 Å². The molecule has 0 radical (unpaired) electrons. The number of aromatic nitrogens is 1. The highest BCUT2D eigenvalue weighted by molar-refractivity contribution is 5.08. The predicted octanol–water partition coefficient (Wildman–Crippen LogP) is 1.99. The van der Waals surface area contributed by atoms with Crippen LogP contribution in [-0.2, 0) is 11.3 Å². The third-order valence-electron chi connectivity index (χ3n) is 2.03. The summed E-state index contributed by atoms with van der Waals surface area (Å²) in [5.41, 5.74) is 1.27. The fourth-order valence-corrected chi connectivity index (χ4v) is 1.25. The van der Waals surface area contributed by atoms with Crippen molar-refractivity contribution in [2.75, 3.05) is 13.2 Å². The molecule has 0 aliphatic heterocycles. The Balaban J connectivity index is 1.98. The summed E-state index contributed by atoms with van der Waals surface area (Å²) in [4.78, 5) is 3.97. The lowest BCUT2D eigenvalue weighted by molar-refractivity contribution is 0.0770. The molecule has 15 heavy (non-hydrogen) atoms. The van der Waals surface area contributed by atoms with Crippen LogP contribution in [0.1, 0.15) is 25.8 Å². The molecule has 0 aliphatic carbocycles. The third kappa shape index (κ3) is 6.20. The van der Waals surface area contributed by atoms with E-state index in [1.165, 1.54) is 5.56 Å². The fourth-order valence-electron chi connectivity index (χ4n) is 1.25. The zero-order valence-electron chi connectivity index (χ0n) is 9.57. The molecule has 0 aliphatic rings. The van der Waals surface area contributed by atoms with Gasteiger partial charge in [0.05, 0.1) is 6.10 Å². The van der Waals surface area contributed by atoms with Crippen molar-refractivity contribution >= 4 is 0 Å². The Hall–Kier alpha value is -0.930. The SMILES string of the molecule is CC(C)OCCCNCc1ccncc1. The molecule has 0 atom stereocenters. The molecule has 3 nitrogen and oxygen atoms in total. The third-order valence-corrected chi connectivity index (χ3v) is 2.03. The summed E-state index contributed by atoms with van der Waals surface area (Å²) >= 11 is 0. The van der Waals surface area contributed by atoms with Crippen molar-refractivity contribution in [3.63, 3.8) is 0 Å². The molecule has 1 N–H and O–H groups in total. The lowest BCUT2D eigenvalue weighted by Crippen LogP contribution is -2.17. The fraction of sp³-hybridized carbons (Fsp3) is 0.583. The van der Waals surface area contributed by atoms with Gasteiger partial charge in [0.25, 0.3) is 0 Å². The highest BCUT2D eigenvalue weighted by atomic mass is 16.5. The number of hydrogen-bond donors (Lipinski definition) is 1. The Kier molecular flexibility index (Phi) is 5.97. The number of ether oxygens (including phenoxy) is 1. The number of nitrogens with one attached hydrogen (secondary N) is 1. The van der Waals surface area contributed by atoms with Crippen molar-refractivity contribution < 1.29 is 4.74 Å². The van der Waals surface area contributed by atoms with Gasteiger partial charge >= 0.3 is 0 Å². The molecule has 0 spiro atoms. The monoisotopic (exact) mass is 208 g/mol. The number of nitrogens with zero attached hydrogens (tertiary/aromatic N) is 1. The molecule has 0 amide bonds. The Labute approximate surface area is 91.9 Å². The van der Waals surface area contributed by atoms with Gasteiger partial charge in [0, 0.05) is 25.5 Å². The van der Waals surface area contributed by atoms with Gasteiger partial charge in [0.2, 0.25) is 0 Å². The average molecular weight is 208 g/mol. The summed E-state index contributed by atoms with van der Waals surface area (Å²) in [5, 5.41) is 3.37. The van der Waals surface area contributed by atoms with Crippen molar-refractivity contribution in [3.05, 3.63) is 30.1 Å². The van der Waals surface area contributed by atoms with Crippen LogP contribution in [0.2, 0.25) is 0 Å². The van der Waals surface area contributed by atoms with Crippen molar-refractivity contribution in [1.29, 1.82) is 0 Å². The van der Waals surface area contributed by atoms with Gasteiger partial charge in [-0.1, -0.05) is 0 Å². The summed E-state index contributed by atoms with van der Waals surface area (Å²) < 4.78 is 5.44. The Morgan fingerprint density at radius 3 is 2.73 bits per heavy atom. The summed E-state index contributed by atoms with van der Waals surface area (Å²) in [6.45, 7) is 6.86. The molecule has 3 heteroatoms. The van der Waals surface area contributed by atoms with Crippen LogP contribution in [0.3, 0.4) is 0 Å². The van der Waals surface area contributed by atoms with Crippen LogP contribution in [0.15, 0.2) is 24.5 Å². The quantitative estimate of drug-likeness (QED) is 0.696. The highest BCUT2D eigenvalue weighted by Crippen LogP contribution is 1.95. The standard InChI is InChI=1S/C12H20N2O/c1-11(2)15-9-3-6-14-10-12-4-7-13-8-5-12/h4-5,7-8,11,14H,3,6,9-10H2,1-2H3. The average Bonchev–Trinajstić information content (AvgIpc) is 2.24. The largest absolute Gasteiger partial charge is 0.379 e.